The Hall–Kier alpha value is -2.96. The Morgan fingerprint density at radius 1 is 1.11 bits per heavy atom. The zero-order chi connectivity index (χ0) is 25.4. The Kier molecular flexibility index (Phi) is 6.89. The van der Waals surface area contributed by atoms with Crippen LogP contribution in [0.5, 0.6) is 0 Å². The highest BCUT2D eigenvalue weighted by Gasteiger charge is 2.29. The van der Waals surface area contributed by atoms with E-state index in [9.17, 15) is 26.7 Å². The normalized spacial score (nSPS) is 19.1. The molecule has 8 nitrogen and oxygen atoms in total. The molecule has 1 fully saturated rings. The van der Waals surface area contributed by atoms with Gasteiger partial charge in [0, 0.05) is 35.1 Å². The van der Waals surface area contributed by atoms with Crippen LogP contribution >= 0.6 is 0 Å². The van der Waals surface area contributed by atoms with Crippen LogP contribution in [-0.2, 0) is 16.6 Å². The number of nitrogens with zero attached hydrogens (tertiary/aromatic N) is 3. The van der Waals surface area contributed by atoms with E-state index in [0.717, 1.165) is 10.2 Å². The standard InChI is InChI=1S/C23H26F3N5O3S/c1-14-2-7-19(35(33,34)30-17-3-5-18(32)6-4-17)9-20(14)15-8-21(22(27)28-10-15)16-11-29-31(12-16)13-23(24,25)26/h2,7-12,17-18,30,32H,3-6,13H2,1H3,(H2,27,28). The molecule has 35 heavy (non-hydrogen) atoms. The van der Waals surface area contributed by atoms with Gasteiger partial charge in [0.2, 0.25) is 10.0 Å². The van der Waals surface area contributed by atoms with Crippen molar-refractivity contribution in [3.63, 3.8) is 0 Å². The van der Waals surface area contributed by atoms with Gasteiger partial charge in [0.05, 0.1) is 17.2 Å². The summed E-state index contributed by atoms with van der Waals surface area (Å²) in [6.45, 7) is 0.588. The first kappa shape index (κ1) is 25.1. The number of rotatable bonds is 6. The van der Waals surface area contributed by atoms with Crippen LogP contribution in [0.3, 0.4) is 0 Å². The molecule has 0 spiro atoms. The van der Waals surface area contributed by atoms with Crippen LogP contribution in [0.4, 0.5) is 19.0 Å². The van der Waals surface area contributed by atoms with E-state index in [4.69, 9.17) is 5.73 Å². The van der Waals surface area contributed by atoms with E-state index in [2.05, 4.69) is 14.8 Å². The van der Waals surface area contributed by atoms with Gasteiger partial charge in [0.1, 0.15) is 12.4 Å². The number of nitrogen functional groups attached to an aromatic ring is 1. The predicted octanol–water partition coefficient (Wildman–Crippen LogP) is 3.65. The minimum Gasteiger partial charge on any atom is -0.393 e. The maximum Gasteiger partial charge on any atom is 0.408 e. The summed E-state index contributed by atoms with van der Waals surface area (Å²) in [5, 5.41) is 13.4. The van der Waals surface area contributed by atoms with Gasteiger partial charge in [-0.3, -0.25) is 4.68 Å². The van der Waals surface area contributed by atoms with Crippen molar-refractivity contribution in [3.05, 3.63) is 48.4 Å². The molecule has 2 aromatic heterocycles. The molecule has 0 bridgehead atoms. The smallest absolute Gasteiger partial charge is 0.393 e. The molecule has 12 heteroatoms. The molecule has 0 radical (unpaired) electrons. The molecule has 1 aliphatic carbocycles. The van der Waals surface area contributed by atoms with Gasteiger partial charge in [-0.25, -0.2) is 18.1 Å². The van der Waals surface area contributed by atoms with Crippen molar-refractivity contribution in [2.45, 2.75) is 62.4 Å². The number of halogens is 3. The lowest BCUT2D eigenvalue weighted by Crippen LogP contribution is -2.38. The summed E-state index contributed by atoms with van der Waals surface area (Å²) in [7, 11) is -3.81. The Morgan fingerprint density at radius 2 is 1.83 bits per heavy atom. The lowest BCUT2D eigenvalue weighted by atomic mass is 9.94. The van der Waals surface area contributed by atoms with Gasteiger partial charge in [-0.1, -0.05) is 6.07 Å². The number of hydrogen-bond acceptors (Lipinski definition) is 6. The first-order valence-electron chi connectivity index (χ1n) is 11.1. The molecular weight excluding hydrogens is 483 g/mol. The summed E-state index contributed by atoms with van der Waals surface area (Å²) in [6.07, 6.45) is 1.42. The minimum absolute atomic E-state index is 0.0839. The topological polar surface area (TPSA) is 123 Å². The second-order valence-electron chi connectivity index (χ2n) is 8.80. The van der Waals surface area contributed by atoms with Gasteiger partial charge >= 0.3 is 6.18 Å². The van der Waals surface area contributed by atoms with Crippen molar-refractivity contribution in [1.29, 1.82) is 0 Å². The van der Waals surface area contributed by atoms with Gasteiger partial charge in [-0.2, -0.15) is 18.3 Å². The fourth-order valence-electron chi connectivity index (χ4n) is 4.19. The highest BCUT2D eigenvalue weighted by atomic mass is 32.2. The second-order valence-corrected chi connectivity index (χ2v) is 10.5. The molecule has 0 aliphatic heterocycles. The van der Waals surface area contributed by atoms with Crippen molar-refractivity contribution >= 4 is 15.8 Å². The van der Waals surface area contributed by atoms with Crippen molar-refractivity contribution in [2.75, 3.05) is 5.73 Å². The van der Waals surface area contributed by atoms with E-state index in [-0.39, 0.29) is 16.8 Å². The van der Waals surface area contributed by atoms with Crippen LogP contribution in [0.1, 0.15) is 31.2 Å². The molecule has 1 saturated carbocycles. The fraction of sp³-hybridized carbons (Fsp3) is 0.391. The van der Waals surface area contributed by atoms with E-state index in [1.807, 2.05) is 6.92 Å². The molecular formula is C23H26F3N5O3S. The quantitative estimate of drug-likeness (QED) is 0.466. The SMILES string of the molecule is Cc1ccc(S(=O)(=O)NC2CCC(O)CC2)cc1-c1cnc(N)c(-c2cnn(CC(F)(F)F)c2)c1. The number of aryl methyl sites for hydroxylation is 1. The van der Waals surface area contributed by atoms with Crippen LogP contribution in [-0.4, -0.2) is 46.6 Å². The van der Waals surface area contributed by atoms with Gasteiger partial charge < -0.3 is 10.8 Å². The van der Waals surface area contributed by atoms with Crippen molar-refractivity contribution in [3.8, 4) is 22.3 Å². The molecule has 2 heterocycles. The maximum atomic E-state index is 13.0. The summed E-state index contributed by atoms with van der Waals surface area (Å²) in [5.74, 6) is 0.114. The van der Waals surface area contributed by atoms with E-state index in [1.54, 1.807) is 18.2 Å². The molecule has 188 valence electrons. The molecule has 4 rings (SSSR count). The Morgan fingerprint density at radius 3 is 2.51 bits per heavy atom. The summed E-state index contributed by atoms with van der Waals surface area (Å²) in [4.78, 5) is 4.26. The number of hydrogen-bond donors (Lipinski definition) is 3. The molecule has 0 amide bonds. The van der Waals surface area contributed by atoms with Crippen molar-refractivity contribution in [2.24, 2.45) is 0 Å². The number of benzene rings is 1. The molecule has 1 aromatic carbocycles. The van der Waals surface area contributed by atoms with Gasteiger partial charge in [0.25, 0.3) is 0 Å². The van der Waals surface area contributed by atoms with E-state index in [1.165, 1.54) is 24.7 Å². The Balaban J connectivity index is 1.64. The number of nitrogens with two attached hydrogens (primary N) is 1. The first-order chi connectivity index (χ1) is 16.4. The number of aliphatic hydroxyl groups excluding tert-OH is 1. The summed E-state index contributed by atoms with van der Waals surface area (Å²) < 4.78 is 67.6. The number of nitrogens with one attached hydrogen (secondary N) is 1. The summed E-state index contributed by atoms with van der Waals surface area (Å²) >= 11 is 0. The van der Waals surface area contributed by atoms with Crippen LogP contribution < -0.4 is 10.5 Å². The summed E-state index contributed by atoms with van der Waals surface area (Å²) in [5.41, 5.74) is 8.70. The molecule has 0 saturated heterocycles. The number of aromatic nitrogens is 3. The monoisotopic (exact) mass is 509 g/mol. The highest BCUT2D eigenvalue weighted by molar-refractivity contribution is 7.89. The average molecular weight is 510 g/mol. The maximum absolute atomic E-state index is 13.0. The van der Waals surface area contributed by atoms with Crippen molar-refractivity contribution < 1.29 is 26.7 Å². The fourth-order valence-corrected chi connectivity index (χ4v) is 5.52. The lowest BCUT2D eigenvalue weighted by Gasteiger charge is -2.26. The van der Waals surface area contributed by atoms with Crippen LogP contribution in [0.25, 0.3) is 22.3 Å². The lowest BCUT2D eigenvalue weighted by molar-refractivity contribution is -0.142. The largest absolute Gasteiger partial charge is 0.408 e. The Bertz CT molecular complexity index is 1320. The molecule has 4 N–H and O–H groups in total. The van der Waals surface area contributed by atoms with E-state index >= 15 is 0 Å². The second kappa shape index (κ2) is 9.59. The molecule has 3 aromatic rings. The molecule has 1 aliphatic rings. The third-order valence-corrected chi connectivity index (χ3v) is 7.57. The predicted molar refractivity (Wildman–Crippen MR) is 125 cm³/mol. The van der Waals surface area contributed by atoms with Crippen LogP contribution in [0, 0.1) is 6.92 Å². The number of pyridine rings is 1. The molecule has 0 atom stereocenters. The van der Waals surface area contributed by atoms with Crippen molar-refractivity contribution in [1.82, 2.24) is 19.5 Å². The van der Waals surface area contributed by atoms with Gasteiger partial charge in [-0.15, -0.1) is 0 Å². The minimum atomic E-state index is -4.41. The zero-order valence-electron chi connectivity index (χ0n) is 19.0. The molecule has 0 unspecified atom stereocenters. The number of aliphatic hydroxyl groups is 1. The van der Waals surface area contributed by atoms with E-state index < -0.39 is 28.8 Å². The third kappa shape index (κ3) is 6.00. The summed E-state index contributed by atoms with van der Waals surface area (Å²) in [6, 6.07) is 6.16. The Labute approximate surface area is 201 Å². The zero-order valence-corrected chi connectivity index (χ0v) is 19.8. The average Bonchev–Trinajstić information content (AvgIpc) is 3.22. The number of sulfonamides is 1. The third-order valence-electron chi connectivity index (χ3n) is 6.05. The highest BCUT2D eigenvalue weighted by Crippen LogP contribution is 2.33. The van der Waals surface area contributed by atoms with Crippen LogP contribution in [0.2, 0.25) is 0 Å². The number of alkyl halides is 3. The van der Waals surface area contributed by atoms with Gasteiger partial charge in [-0.05, 0) is 61.9 Å². The van der Waals surface area contributed by atoms with Crippen LogP contribution in [0.15, 0.2) is 47.8 Å². The van der Waals surface area contributed by atoms with E-state index in [0.29, 0.717) is 47.9 Å². The number of anilines is 1. The first-order valence-corrected chi connectivity index (χ1v) is 12.6. The van der Waals surface area contributed by atoms with Gasteiger partial charge in [0.15, 0.2) is 0 Å².